The maximum atomic E-state index is 12.8. The van der Waals surface area contributed by atoms with Crippen LogP contribution < -0.4 is 4.74 Å². The number of aromatic nitrogens is 1. The van der Waals surface area contributed by atoms with Gasteiger partial charge in [0.2, 0.25) is 5.91 Å². The van der Waals surface area contributed by atoms with Gasteiger partial charge in [0.05, 0.1) is 25.5 Å². The third-order valence-corrected chi connectivity index (χ3v) is 7.49. The Morgan fingerprint density at radius 3 is 2.65 bits per heavy atom. The molecule has 1 aromatic heterocycles. The first-order valence-corrected chi connectivity index (χ1v) is 12.3. The Morgan fingerprint density at radius 2 is 1.91 bits per heavy atom. The van der Waals surface area contributed by atoms with E-state index in [1.54, 1.807) is 7.11 Å². The molecule has 0 N–H and O–H groups in total. The van der Waals surface area contributed by atoms with E-state index >= 15 is 0 Å². The summed E-state index contributed by atoms with van der Waals surface area (Å²) < 4.78 is 11.9. The second-order valence-corrected chi connectivity index (χ2v) is 9.72. The molecular formula is C29H30N2O3. The molecule has 0 saturated heterocycles. The van der Waals surface area contributed by atoms with Gasteiger partial charge >= 0.3 is 0 Å². The quantitative estimate of drug-likeness (QED) is 0.546. The largest absolute Gasteiger partial charge is 0.497 e. The summed E-state index contributed by atoms with van der Waals surface area (Å²) >= 11 is 0. The van der Waals surface area contributed by atoms with Gasteiger partial charge in [0.25, 0.3) is 0 Å². The van der Waals surface area contributed by atoms with E-state index in [0.717, 1.165) is 60.5 Å². The summed E-state index contributed by atoms with van der Waals surface area (Å²) in [7, 11) is 1.70. The lowest BCUT2D eigenvalue weighted by atomic mass is 9.86. The molecule has 3 aliphatic rings. The van der Waals surface area contributed by atoms with Gasteiger partial charge in [-0.2, -0.15) is 0 Å². The molecule has 0 bridgehead atoms. The minimum Gasteiger partial charge on any atom is -0.497 e. The van der Waals surface area contributed by atoms with Crippen LogP contribution >= 0.6 is 0 Å². The number of carbonyl (C=O) groups excluding carboxylic acids is 1. The van der Waals surface area contributed by atoms with Crippen LogP contribution in [0, 0.1) is 12.8 Å². The number of ether oxygens (including phenoxy) is 2. The van der Waals surface area contributed by atoms with Crippen molar-refractivity contribution in [3.05, 3.63) is 82.0 Å². The smallest absolute Gasteiger partial charge is 0.225 e. The molecule has 2 aromatic carbocycles. The van der Waals surface area contributed by atoms with Crippen molar-refractivity contribution in [2.75, 3.05) is 13.7 Å². The molecule has 1 aliphatic carbocycles. The third-order valence-electron chi connectivity index (χ3n) is 7.49. The number of aryl methyl sites for hydroxylation is 1. The highest BCUT2D eigenvalue weighted by molar-refractivity contribution is 5.81. The number of methoxy groups -OCH3 is 1. The molecule has 1 amide bonds. The fourth-order valence-corrected chi connectivity index (χ4v) is 5.41. The second kappa shape index (κ2) is 8.55. The zero-order chi connectivity index (χ0) is 23.2. The molecule has 34 heavy (non-hydrogen) atoms. The molecule has 0 radical (unpaired) electrons. The van der Waals surface area contributed by atoms with Crippen molar-refractivity contribution in [3.63, 3.8) is 0 Å². The first kappa shape index (κ1) is 21.4. The molecule has 1 saturated carbocycles. The molecule has 2 aliphatic heterocycles. The lowest BCUT2D eigenvalue weighted by Gasteiger charge is -2.35. The van der Waals surface area contributed by atoms with Crippen LogP contribution in [-0.2, 0) is 35.5 Å². The molecule has 174 valence electrons. The number of hydrogen-bond acceptors (Lipinski definition) is 4. The van der Waals surface area contributed by atoms with E-state index in [1.165, 1.54) is 22.3 Å². The summed E-state index contributed by atoms with van der Waals surface area (Å²) in [6.45, 7) is 4.08. The highest BCUT2D eigenvalue weighted by Gasteiger charge is 2.37. The number of benzene rings is 2. The Hall–Kier alpha value is -3.18. The number of fused-ring (bicyclic) bond motifs is 3. The average Bonchev–Trinajstić information content (AvgIpc) is 3.73. The van der Waals surface area contributed by atoms with Gasteiger partial charge in [0, 0.05) is 43.1 Å². The standard InChI is InChI=1S/C29H30N2O3/c1-18-14-21(33-2)10-11-22(18)28-23-15-27(19-6-4-3-5-7-19)34-17-25(23)24-16-31(13-12-26(24)30-28)29(32)20-8-9-20/h3-7,10-11,14,20,27H,8-9,12-13,15-17H2,1-2H3/t27-/m1/s1. The molecule has 6 rings (SSSR count). The number of nitrogens with zero attached hydrogens (tertiary/aromatic N) is 2. The van der Waals surface area contributed by atoms with Gasteiger partial charge in [-0.25, -0.2) is 0 Å². The monoisotopic (exact) mass is 454 g/mol. The minimum absolute atomic E-state index is 0.00126. The average molecular weight is 455 g/mol. The number of amides is 1. The fourth-order valence-electron chi connectivity index (χ4n) is 5.41. The van der Waals surface area contributed by atoms with Crippen molar-refractivity contribution in [1.29, 1.82) is 0 Å². The van der Waals surface area contributed by atoms with E-state index in [-0.39, 0.29) is 12.0 Å². The topological polar surface area (TPSA) is 51.7 Å². The van der Waals surface area contributed by atoms with Crippen molar-refractivity contribution in [2.45, 2.75) is 51.9 Å². The van der Waals surface area contributed by atoms with Crippen molar-refractivity contribution in [1.82, 2.24) is 9.88 Å². The summed E-state index contributed by atoms with van der Waals surface area (Å²) in [6.07, 6.45) is 3.65. The van der Waals surface area contributed by atoms with Crippen LogP contribution in [-0.4, -0.2) is 29.4 Å². The van der Waals surface area contributed by atoms with Gasteiger partial charge in [-0.3, -0.25) is 9.78 Å². The van der Waals surface area contributed by atoms with E-state index in [0.29, 0.717) is 19.1 Å². The summed E-state index contributed by atoms with van der Waals surface area (Å²) in [5.74, 6) is 1.41. The van der Waals surface area contributed by atoms with Crippen molar-refractivity contribution >= 4 is 5.91 Å². The molecule has 0 unspecified atom stereocenters. The zero-order valence-electron chi connectivity index (χ0n) is 19.8. The summed E-state index contributed by atoms with van der Waals surface area (Å²) in [5, 5.41) is 0. The second-order valence-electron chi connectivity index (χ2n) is 9.72. The number of rotatable bonds is 4. The Morgan fingerprint density at radius 1 is 1.09 bits per heavy atom. The summed E-state index contributed by atoms with van der Waals surface area (Å²) in [6, 6.07) is 16.7. The van der Waals surface area contributed by atoms with Gasteiger partial charge < -0.3 is 14.4 Å². The molecule has 5 heteroatoms. The predicted molar refractivity (Wildman–Crippen MR) is 130 cm³/mol. The van der Waals surface area contributed by atoms with E-state index in [1.807, 2.05) is 17.0 Å². The number of carbonyl (C=O) groups is 1. The number of hydrogen-bond donors (Lipinski definition) is 0. The predicted octanol–water partition coefficient (Wildman–Crippen LogP) is 5.17. The van der Waals surface area contributed by atoms with Gasteiger partial charge in [-0.1, -0.05) is 30.3 Å². The van der Waals surface area contributed by atoms with Crippen molar-refractivity contribution < 1.29 is 14.3 Å². The van der Waals surface area contributed by atoms with Crippen LogP contribution in [0.4, 0.5) is 0 Å². The number of pyridine rings is 1. The SMILES string of the molecule is COc1ccc(-c2nc3c(c4c2C[C@H](c2ccccc2)OC4)CN(C(=O)C2CC2)CC3)c(C)c1. The Bertz CT molecular complexity index is 1250. The minimum atomic E-state index is -0.00126. The Balaban J connectivity index is 1.45. The maximum absolute atomic E-state index is 12.8. The highest BCUT2D eigenvalue weighted by Crippen LogP contribution is 2.41. The molecule has 3 heterocycles. The van der Waals surface area contributed by atoms with Gasteiger partial charge in [0.1, 0.15) is 5.75 Å². The van der Waals surface area contributed by atoms with E-state index < -0.39 is 0 Å². The lowest BCUT2D eigenvalue weighted by Crippen LogP contribution is -2.38. The van der Waals surface area contributed by atoms with Crippen molar-refractivity contribution in [2.24, 2.45) is 5.92 Å². The van der Waals surface area contributed by atoms with Gasteiger partial charge in [0.15, 0.2) is 0 Å². The van der Waals surface area contributed by atoms with Crippen LogP contribution in [0.25, 0.3) is 11.3 Å². The first-order valence-electron chi connectivity index (χ1n) is 12.3. The summed E-state index contributed by atoms with van der Waals surface area (Å²) in [4.78, 5) is 20.1. The molecule has 1 fully saturated rings. The zero-order valence-corrected chi connectivity index (χ0v) is 19.8. The van der Waals surface area contributed by atoms with Crippen LogP contribution in [0.15, 0.2) is 48.5 Å². The Kier molecular flexibility index (Phi) is 5.37. The van der Waals surface area contributed by atoms with E-state index in [4.69, 9.17) is 14.5 Å². The summed E-state index contributed by atoms with van der Waals surface area (Å²) in [5.41, 5.74) is 9.35. The Labute approximate surface area is 200 Å². The molecule has 1 atom stereocenters. The van der Waals surface area contributed by atoms with Gasteiger partial charge in [-0.05, 0) is 65.8 Å². The third kappa shape index (κ3) is 3.78. The van der Waals surface area contributed by atoms with E-state index in [2.05, 4.69) is 43.3 Å². The van der Waals surface area contributed by atoms with Gasteiger partial charge in [-0.15, -0.1) is 0 Å². The molecule has 5 nitrogen and oxygen atoms in total. The molecule has 3 aromatic rings. The van der Waals surface area contributed by atoms with Crippen LogP contribution in [0.3, 0.4) is 0 Å². The molecular weight excluding hydrogens is 424 g/mol. The van der Waals surface area contributed by atoms with Crippen molar-refractivity contribution in [3.8, 4) is 17.0 Å². The lowest BCUT2D eigenvalue weighted by molar-refractivity contribution is -0.133. The van der Waals surface area contributed by atoms with Crippen LogP contribution in [0.1, 0.15) is 52.5 Å². The highest BCUT2D eigenvalue weighted by atomic mass is 16.5. The molecule has 0 spiro atoms. The normalized spacial score (nSPS) is 19.4. The fraction of sp³-hybridized carbons (Fsp3) is 0.379. The first-order chi connectivity index (χ1) is 16.6. The van der Waals surface area contributed by atoms with Crippen LogP contribution in [0.2, 0.25) is 0 Å². The van der Waals surface area contributed by atoms with E-state index in [9.17, 15) is 4.79 Å². The van der Waals surface area contributed by atoms with Crippen LogP contribution in [0.5, 0.6) is 5.75 Å². The maximum Gasteiger partial charge on any atom is 0.225 e.